The fourth-order valence-electron chi connectivity index (χ4n) is 1.10. The van der Waals surface area contributed by atoms with Gasteiger partial charge < -0.3 is 4.74 Å². The van der Waals surface area contributed by atoms with Gasteiger partial charge in [-0.25, -0.2) is 9.89 Å². The van der Waals surface area contributed by atoms with E-state index in [1.54, 1.807) is 14.0 Å². The highest BCUT2D eigenvalue weighted by molar-refractivity contribution is 8.00. The number of ether oxygens (including phenoxy) is 1. The van der Waals surface area contributed by atoms with Crippen molar-refractivity contribution in [3.8, 4) is 0 Å². The first-order chi connectivity index (χ1) is 7.60. The maximum absolute atomic E-state index is 11.5. The third-order valence-corrected chi connectivity index (χ3v) is 3.39. The Morgan fingerprint density at radius 3 is 2.75 bits per heavy atom. The van der Waals surface area contributed by atoms with Gasteiger partial charge in [-0.15, -0.1) is 5.10 Å². The summed E-state index contributed by atoms with van der Waals surface area (Å²) in [6.45, 7) is 4.01. The molecule has 0 amide bonds. The predicted molar refractivity (Wildman–Crippen MR) is 60.4 cm³/mol. The average Bonchev–Trinajstić information content (AvgIpc) is 2.57. The molecule has 0 saturated heterocycles. The van der Waals surface area contributed by atoms with E-state index in [-0.39, 0.29) is 16.9 Å². The highest BCUT2D eigenvalue weighted by Gasteiger charge is 2.21. The molecule has 6 nitrogen and oxygen atoms in total. The molecule has 90 valence electrons. The van der Waals surface area contributed by atoms with Crippen LogP contribution in [0.15, 0.2) is 9.95 Å². The number of H-pyrrole nitrogens is 1. The summed E-state index contributed by atoms with van der Waals surface area (Å²) in [4.78, 5) is 22.6. The molecule has 0 spiro atoms. The number of carbonyl (C=O) groups is 1. The van der Waals surface area contributed by atoms with Crippen LogP contribution in [-0.4, -0.2) is 32.6 Å². The molecule has 0 aliphatic carbocycles. The van der Waals surface area contributed by atoms with Gasteiger partial charge in [-0.1, -0.05) is 18.7 Å². The van der Waals surface area contributed by atoms with E-state index in [0.29, 0.717) is 18.2 Å². The SMILES string of the molecule is CCOC(=O)C(CC)Sc1n[nH]c(=O)n1C. The van der Waals surface area contributed by atoms with Crippen molar-refractivity contribution < 1.29 is 9.53 Å². The maximum Gasteiger partial charge on any atom is 0.343 e. The zero-order valence-corrected chi connectivity index (χ0v) is 10.3. The van der Waals surface area contributed by atoms with Crippen molar-refractivity contribution in [1.82, 2.24) is 14.8 Å². The van der Waals surface area contributed by atoms with E-state index in [4.69, 9.17) is 4.74 Å². The Morgan fingerprint density at radius 1 is 1.62 bits per heavy atom. The van der Waals surface area contributed by atoms with Gasteiger partial charge >= 0.3 is 11.7 Å². The fraction of sp³-hybridized carbons (Fsp3) is 0.667. The Bertz CT molecular complexity index is 412. The molecular weight excluding hydrogens is 230 g/mol. The van der Waals surface area contributed by atoms with E-state index in [9.17, 15) is 9.59 Å². The first-order valence-electron chi connectivity index (χ1n) is 5.04. The van der Waals surface area contributed by atoms with E-state index >= 15 is 0 Å². The van der Waals surface area contributed by atoms with Gasteiger partial charge in [0.2, 0.25) is 0 Å². The number of nitrogens with one attached hydrogen (secondary N) is 1. The second kappa shape index (κ2) is 5.74. The molecule has 1 rings (SSSR count). The highest BCUT2D eigenvalue weighted by Crippen LogP contribution is 2.22. The standard InChI is InChI=1S/C9H15N3O3S/c1-4-6(7(13)15-5-2)16-9-11-10-8(14)12(9)3/h6H,4-5H2,1-3H3,(H,10,14). The van der Waals surface area contributed by atoms with Gasteiger partial charge in [-0.2, -0.15) is 0 Å². The Hall–Kier alpha value is -1.24. The lowest BCUT2D eigenvalue weighted by Gasteiger charge is -2.11. The van der Waals surface area contributed by atoms with Gasteiger partial charge in [0.25, 0.3) is 0 Å². The summed E-state index contributed by atoms with van der Waals surface area (Å²) < 4.78 is 6.30. The van der Waals surface area contributed by atoms with E-state index < -0.39 is 0 Å². The van der Waals surface area contributed by atoms with E-state index in [2.05, 4.69) is 10.2 Å². The normalized spacial score (nSPS) is 12.4. The quantitative estimate of drug-likeness (QED) is 0.605. The highest BCUT2D eigenvalue weighted by atomic mass is 32.2. The smallest absolute Gasteiger partial charge is 0.343 e. The minimum atomic E-state index is -0.325. The number of hydrogen-bond acceptors (Lipinski definition) is 5. The number of carbonyl (C=O) groups excluding carboxylic acids is 1. The van der Waals surface area contributed by atoms with Crippen LogP contribution in [-0.2, 0) is 16.6 Å². The van der Waals surface area contributed by atoms with Crippen LogP contribution in [0.25, 0.3) is 0 Å². The first-order valence-corrected chi connectivity index (χ1v) is 5.92. The molecule has 0 radical (unpaired) electrons. The molecule has 1 N–H and O–H groups in total. The van der Waals surface area contributed by atoms with Gasteiger partial charge in [0.05, 0.1) is 6.61 Å². The number of esters is 1. The van der Waals surface area contributed by atoms with Crippen LogP contribution in [0.4, 0.5) is 0 Å². The van der Waals surface area contributed by atoms with E-state index in [0.717, 1.165) is 0 Å². The van der Waals surface area contributed by atoms with Crippen LogP contribution < -0.4 is 5.69 Å². The molecule has 0 saturated carbocycles. The van der Waals surface area contributed by atoms with Crippen molar-refractivity contribution in [2.45, 2.75) is 30.7 Å². The molecule has 0 fully saturated rings. The summed E-state index contributed by atoms with van der Waals surface area (Å²) >= 11 is 1.23. The predicted octanol–water partition coefficient (Wildman–Crippen LogP) is 0.542. The minimum absolute atomic E-state index is 0.273. The number of thioether (sulfide) groups is 1. The third kappa shape index (κ3) is 2.88. The minimum Gasteiger partial charge on any atom is -0.465 e. The van der Waals surface area contributed by atoms with Crippen molar-refractivity contribution in [3.63, 3.8) is 0 Å². The van der Waals surface area contributed by atoms with Crippen molar-refractivity contribution in [2.24, 2.45) is 7.05 Å². The molecule has 0 aromatic carbocycles. The fourth-order valence-corrected chi connectivity index (χ4v) is 2.02. The molecule has 1 heterocycles. The molecule has 16 heavy (non-hydrogen) atoms. The van der Waals surface area contributed by atoms with Gasteiger partial charge in [-0.3, -0.25) is 9.36 Å². The molecule has 0 aliphatic rings. The summed E-state index contributed by atoms with van der Waals surface area (Å²) in [7, 11) is 1.60. The summed E-state index contributed by atoms with van der Waals surface area (Å²) in [5, 5.41) is 6.31. The van der Waals surface area contributed by atoms with Crippen molar-refractivity contribution in [1.29, 1.82) is 0 Å². The molecule has 1 aromatic rings. The maximum atomic E-state index is 11.5. The summed E-state index contributed by atoms with van der Waals surface area (Å²) in [5.41, 5.74) is -0.291. The monoisotopic (exact) mass is 245 g/mol. The molecular formula is C9H15N3O3S. The van der Waals surface area contributed by atoms with Crippen molar-refractivity contribution in [2.75, 3.05) is 6.61 Å². The molecule has 1 aromatic heterocycles. The summed E-state index contributed by atoms with van der Waals surface area (Å²) in [6.07, 6.45) is 0.630. The second-order valence-corrected chi connectivity index (χ2v) is 4.31. The molecule has 1 atom stereocenters. The van der Waals surface area contributed by atoms with Gasteiger partial charge in [-0.05, 0) is 13.3 Å². The van der Waals surface area contributed by atoms with Crippen molar-refractivity contribution >= 4 is 17.7 Å². The number of aromatic nitrogens is 3. The Kier molecular flexibility index (Phi) is 4.60. The Morgan fingerprint density at radius 2 is 2.31 bits per heavy atom. The summed E-state index contributed by atoms with van der Waals surface area (Å²) in [6, 6.07) is 0. The van der Waals surface area contributed by atoms with Crippen LogP contribution in [0, 0.1) is 0 Å². The van der Waals surface area contributed by atoms with Gasteiger partial charge in [0, 0.05) is 7.05 Å². The van der Waals surface area contributed by atoms with Gasteiger partial charge in [0.15, 0.2) is 5.16 Å². The summed E-state index contributed by atoms with van der Waals surface area (Å²) in [5.74, 6) is -0.273. The third-order valence-electron chi connectivity index (χ3n) is 2.01. The van der Waals surface area contributed by atoms with Crippen LogP contribution >= 0.6 is 11.8 Å². The zero-order valence-electron chi connectivity index (χ0n) is 9.52. The molecule has 0 bridgehead atoms. The number of rotatable bonds is 5. The Balaban J connectivity index is 2.74. The van der Waals surface area contributed by atoms with Crippen LogP contribution in [0.3, 0.4) is 0 Å². The topological polar surface area (TPSA) is 77.0 Å². The van der Waals surface area contributed by atoms with E-state index in [1.165, 1.54) is 16.3 Å². The van der Waals surface area contributed by atoms with Gasteiger partial charge in [0.1, 0.15) is 5.25 Å². The van der Waals surface area contributed by atoms with E-state index in [1.807, 2.05) is 6.92 Å². The number of hydrogen-bond donors (Lipinski definition) is 1. The average molecular weight is 245 g/mol. The first kappa shape index (κ1) is 12.8. The lowest BCUT2D eigenvalue weighted by Crippen LogP contribution is -2.20. The second-order valence-electron chi connectivity index (χ2n) is 3.14. The lowest BCUT2D eigenvalue weighted by atomic mass is 10.3. The Labute approximate surface area is 97.4 Å². The lowest BCUT2D eigenvalue weighted by molar-refractivity contribution is -0.142. The van der Waals surface area contributed by atoms with Crippen molar-refractivity contribution in [3.05, 3.63) is 10.5 Å². The van der Waals surface area contributed by atoms with Crippen LogP contribution in [0.2, 0.25) is 0 Å². The largest absolute Gasteiger partial charge is 0.465 e. The molecule has 0 aliphatic heterocycles. The van der Waals surface area contributed by atoms with Crippen LogP contribution in [0.5, 0.6) is 0 Å². The zero-order chi connectivity index (χ0) is 12.1. The number of nitrogens with zero attached hydrogens (tertiary/aromatic N) is 2. The molecule has 1 unspecified atom stereocenters. The van der Waals surface area contributed by atoms with Crippen LogP contribution in [0.1, 0.15) is 20.3 Å². The molecule has 7 heteroatoms. The number of aromatic amines is 1.